The van der Waals surface area contributed by atoms with Crippen LogP contribution in [-0.2, 0) is 0 Å². The summed E-state index contributed by atoms with van der Waals surface area (Å²) >= 11 is 0. The van der Waals surface area contributed by atoms with E-state index in [-0.39, 0.29) is 0 Å². The van der Waals surface area contributed by atoms with Crippen molar-refractivity contribution in [3.05, 3.63) is 12.2 Å². The van der Waals surface area contributed by atoms with E-state index in [9.17, 15) is 0 Å². The zero-order valence-corrected chi connectivity index (χ0v) is 6.35. The van der Waals surface area contributed by atoms with Crippen molar-refractivity contribution in [1.29, 1.82) is 0 Å². The summed E-state index contributed by atoms with van der Waals surface area (Å²) in [4.78, 5) is 3.87. The van der Waals surface area contributed by atoms with Gasteiger partial charge in [-0.25, -0.2) is 0 Å². The zero-order valence-electron chi connectivity index (χ0n) is 6.35. The van der Waals surface area contributed by atoms with E-state index in [4.69, 9.17) is 0 Å². The van der Waals surface area contributed by atoms with Crippen molar-refractivity contribution in [3.63, 3.8) is 0 Å². The van der Waals surface area contributed by atoms with Crippen molar-refractivity contribution < 1.29 is 0 Å². The third-order valence-electron chi connectivity index (χ3n) is 1.40. The van der Waals surface area contributed by atoms with Gasteiger partial charge in [0.25, 0.3) is 0 Å². The molecule has 0 bridgehead atoms. The molecule has 0 saturated heterocycles. The lowest BCUT2D eigenvalue weighted by molar-refractivity contribution is 0.723. The molecule has 0 amide bonds. The normalized spacial score (nSPS) is 12.7. The van der Waals surface area contributed by atoms with E-state index in [0.29, 0.717) is 6.04 Å². The molecular formula is C8H15N. The van der Waals surface area contributed by atoms with Gasteiger partial charge in [-0.3, -0.25) is 4.99 Å². The standard InChI is InChI=1S/C8H15N/c1-5-7(2)6-8(3)9-4/h8H,2,4-6H2,1,3H3. The van der Waals surface area contributed by atoms with Gasteiger partial charge in [-0.2, -0.15) is 0 Å². The van der Waals surface area contributed by atoms with Gasteiger partial charge in [0.1, 0.15) is 0 Å². The molecule has 0 aromatic heterocycles. The smallest absolute Gasteiger partial charge is 0.0501 e. The Bertz CT molecular complexity index is 105. The molecule has 0 aliphatic carbocycles. The van der Waals surface area contributed by atoms with Gasteiger partial charge in [0, 0.05) is 0 Å². The largest absolute Gasteiger partial charge is 0.298 e. The van der Waals surface area contributed by atoms with E-state index in [1.807, 2.05) is 6.92 Å². The van der Waals surface area contributed by atoms with Crippen molar-refractivity contribution >= 4 is 6.72 Å². The van der Waals surface area contributed by atoms with E-state index < -0.39 is 0 Å². The molecule has 0 radical (unpaired) electrons. The number of aliphatic imine (C=N–C) groups is 1. The molecule has 0 aliphatic rings. The summed E-state index contributed by atoms with van der Waals surface area (Å²) in [6.07, 6.45) is 2.04. The van der Waals surface area contributed by atoms with Crippen molar-refractivity contribution in [1.82, 2.24) is 0 Å². The molecule has 0 aromatic rings. The van der Waals surface area contributed by atoms with Crippen LogP contribution in [0.4, 0.5) is 0 Å². The summed E-state index contributed by atoms with van der Waals surface area (Å²) < 4.78 is 0. The molecule has 0 N–H and O–H groups in total. The van der Waals surface area contributed by atoms with Crippen LogP contribution in [0.3, 0.4) is 0 Å². The van der Waals surface area contributed by atoms with Crippen LogP contribution < -0.4 is 0 Å². The lowest BCUT2D eigenvalue weighted by Crippen LogP contribution is -1.97. The van der Waals surface area contributed by atoms with Gasteiger partial charge < -0.3 is 0 Å². The van der Waals surface area contributed by atoms with Gasteiger partial charge >= 0.3 is 0 Å². The maximum atomic E-state index is 3.87. The third-order valence-corrected chi connectivity index (χ3v) is 1.40. The highest BCUT2D eigenvalue weighted by Crippen LogP contribution is 2.07. The molecule has 1 heteroatoms. The maximum Gasteiger partial charge on any atom is 0.0501 e. The molecule has 1 unspecified atom stereocenters. The van der Waals surface area contributed by atoms with Crippen molar-refractivity contribution in [2.75, 3.05) is 0 Å². The Morgan fingerprint density at radius 1 is 1.67 bits per heavy atom. The Morgan fingerprint density at radius 3 is 2.56 bits per heavy atom. The van der Waals surface area contributed by atoms with Crippen LogP contribution in [0.25, 0.3) is 0 Å². The van der Waals surface area contributed by atoms with E-state index in [1.165, 1.54) is 5.57 Å². The van der Waals surface area contributed by atoms with E-state index in [1.54, 1.807) is 0 Å². The number of nitrogens with zero attached hydrogens (tertiary/aromatic N) is 1. The summed E-state index contributed by atoms with van der Waals surface area (Å²) in [5, 5.41) is 0. The fraction of sp³-hybridized carbons (Fsp3) is 0.625. The monoisotopic (exact) mass is 125 g/mol. The Labute approximate surface area is 57.5 Å². The minimum Gasteiger partial charge on any atom is -0.298 e. The first-order valence-electron chi connectivity index (χ1n) is 3.33. The van der Waals surface area contributed by atoms with Gasteiger partial charge in [-0.05, 0) is 26.5 Å². The molecule has 9 heavy (non-hydrogen) atoms. The third kappa shape index (κ3) is 3.95. The highest BCUT2D eigenvalue weighted by atomic mass is 14.7. The minimum absolute atomic E-state index is 0.345. The van der Waals surface area contributed by atoms with Gasteiger partial charge in [0.05, 0.1) is 6.04 Å². The van der Waals surface area contributed by atoms with Crippen LogP contribution in [0.2, 0.25) is 0 Å². The highest BCUT2D eigenvalue weighted by molar-refractivity contribution is 5.24. The average molecular weight is 125 g/mol. The molecule has 0 spiro atoms. The molecule has 0 aromatic carbocycles. The predicted octanol–water partition coefficient (Wildman–Crippen LogP) is 2.43. The number of rotatable bonds is 4. The van der Waals surface area contributed by atoms with Gasteiger partial charge in [-0.15, -0.1) is 0 Å². The van der Waals surface area contributed by atoms with Crippen LogP contribution in [0, 0.1) is 0 Å². The summed E-state index contributed by atoms with van der Waals surface area (Å²) in [5.74, 6) is 0. The minimum atomic E-state index is 0.345. The molecule has 52 valence electrons. The predicted molar refractivity (Wildman–Crippen MR) is 43.1 cm³/mol. The fourth-order valence-corrected chi connectivity index (χ4v) is 0.627. The second-order valence-corrected chi connectivity index (χ2v) is 2.34. The molecular weight excluding hydrogens is 110 g/mol. The lowest BCUT2D eigenvalue weighted by atomic mass is 10.1. The topological polar surface area (TPSA) is 12.4 Å². The molecule has 0 heterocycles. The van der Waals surface area contributed by atoms with Gasteiger partial charge in [0.2, 0.25) is 0 Å². The van der Waals surface area contributed by atoms with Gasteiger partial charge in [0.15, 0.2) is 0 Å². The Hall–Kier alpha value is -0.590. The Balaban J connectivity index is 3.46. The van der Waals surface area contributed by atoms with Crippen molar-refractivity contribution in [3.8, 4) is 0 Å². The summed E-state index contributed by atoms with van der Waals surface area (Å²) in [6, 6.07) is 0.345. The van der Waals surface area contributed by atoms with Crippen molar-refractivity contribution in [2.45, 2.75) is 32.7 Å². The maximum absolute atomic E-state index is 3.87. The summed E-state index contributed by atoms with van der Waals surface area (Å²) in [7, 11) is 0. The highest BCUT2D eigenvalue weighted by Gasteiger charge is 1.97. The lowest BCUT2D eigenvalue weighted by Gasteiger charge is -2.04. The average Bonchev–Trinajstić information content (AvgIpc) is 1.87. The molecule has 0 aliphatic heterocycles. The molecule has 0 rings (SSSR count). The molecule has 0 saturated carbocycles. The van der Waals surface area contributed by atoms with Crippen LogP contribution in [-0.4, -0.2) is 12.8 Å². The Morgan fingerprint density at radius 2 is 2.22 bits per heavy atom. The quantitative estimate of drug-likeness (QED) is 0.404. The van der Waals surface area contributed by atoms with E-state index in [0.717, 1.165) is 12.8 Å². The Kier molecular flexibility index (Phi) is 4.02. The second kappa shape index (κ2) is 4.30. The van der Waals surface area contributed by atoms with Gasteiger partial charge in [-0.1, -0.05) is 19.1 Å². The first kappa shape index (κ1) is 8.41. The molecule has 0 fully saturated rings. The van der Waals surface area contributed by atoms with E-state index >= 15 is 0 Å². The van der Waals surface area contributed by atoms with E-state index in [2.05, 4.69) is 25.2 Å². The first-order valence-corrected chi connectivity index (χ1v) is 3.33. The van der Waals surface area contributed by atoms with Crippen LogP contribution in [0.1, 0.15) is 26.7 Å². The summed E-state index contributed by atoms with van der Waals surface area (Å²) in [5.41, 5.74) is 1.26. The number of hydrogen-bond acceptors (Lipinski definition) is 1. The van der Waals surface area contributed by atoms with Crippen LogP contribution >= 0.6 is 0 Å². The van der Waals surface area contributed by atoms with Crippen molar-refractivity contribution in [2.24, 2.45) is 4.99 Å². The molecule has 1 atom stereocenters. The SMILES string of the molecule is C=NC(C)CC(=C)CC. The zero-order chi connectivity index (χ0) is 7.28. The van der Waals surface area contributed by atoms with Crippen LogP contribution in [0.5, 0.6) is 0 Å². The molecule has 1 nitrogen and oxygen atoms in total. The first-order chi connectivity index (χ1) is 4.20. The number of hydrogen-bond donors (Lipinski definition) is 0. The summed E-state index contributed by atoms with van der Waals surface area (Å²) in [6.45, 7) is 11.5. The fourth-order valence-electron chi connectivity index (χ4n) is 0.627. The van der Waals surface area contributed by atoms with Crippen LogP contribution in [0.15, 0.2) is 17.1 Å². The second-order valence-electron chi connectivity index (χ2n) is 2.34.